The summed E-state index contributed by atoms with van der Waals surface area (Å²) >= 11 is 17.9. The first-order valence-electron chi connectivity index (χ1n) is 10.4. The van der Waals surface area contributed by atoms with Crippen molar-refractivity contribution >= 4 is 46.4 Å². The molecule has 2 aliphatic heterocycles. The van der Waals surface area contributed by atoms with Crippen molar-refractivity contribution in [1.29, 1.82) is 0 Å². The van der Waals surface area contributed by atoms with Gasteiger partial charge < -0.3 is 9.74 Å². The van der Waals surface area contributed by atoms with Gasteiger partial charge in [-0.05, 0) is 36.1 Å². The number of nitrogens with zero attached hydrogens (tertiary/aromatic N) is 2. The van der Waals surface area contributed by atoms with E-state index in [0.29, 0.717) is 18.7 Å². The topological polar surface area (TPSA) is 41.9 Å². The monoisotopic (exact) mass is 516 g/mol. The average Bonchev–Trinajstić information content (AvgIpc) is 3.48. The number of benzene rings is 2. The van der Waals surface area contributed by atoms with Crippen molar-refractivity contribution in [2.24, 2.45) is 11.1 Å². The highest BCUT2D eigenvalue weighted by Gasteiger charge is 2.62. The van der Waals surface area contributed by atoms with Crippen LogP contribution in [0, 0.1) is 5.92 Å². The molecule has 2 aromatic rings. The fraction of sp³-hybridized carbons (Fsp3) is 0.391. The largest absolute Gasteiger partial charge is 0.435 e. The van der Waals surface area contributed by atoms with Crippen LogP contribution in [-0.2, 0) is 15.2 Å². The van der Waals surface area contributed by atoms with Gasteiger partial charge in [0.2, 0.25) is 5.91 Å². The van der Waals surface area contributed by atoms with Crippen molar-refractivity contribution in [3.8, 4) is 0 Å². The molecule has 1 saturated carbocycles. The zero-order valence-electron chi connectivity index (χ0n) is 17.1. The molecule has 1 amide bonds. The Morgan fingerprint density at radius 1 is 1.06 bits per heavy atom. The second-order valence-corrected chi connectivity index (χ2v) is 9.91. The minimum atomic E-state index is -4.78. The molecule has 2 heterocycles. The van der Waals surface area contributed by atoms with Gasteiger partial charge in [-0.2, -0.15) is 13.2 Å². The summed E-state index contributed by atoms with van der Waals surface area (Å²) in [4.78, 5) is 19.0. The third-order valence-electron chi connectivity index (χ3n) is 6.47. The molecule has 2 fully saturated rings. The maximum Gasteiger partial charge on any atom is 0.435 e. The van der Waals surface area contributed by atoms with Crippen molar-refractivity contribution < 1.29 is 22.8 Å². The summed E-state index contributed by atoms with van der Waals surface area (Å²) in [5.74, 6) is 0.662. The van der Waals surface area contributed by atoms with Gasteiger partial charge in [-0.1, -0.05) is 64.2 Å². The lowest BCUT2D eigenvalue weighted by Crippen LogP contribution is -2.49. The van der Waals surface area contributed by atoms with Crippen molar-refractivity contribution in [2.75, 3.05) is 13.1 Å². The van der Waals surface area contributed by atoms with Crippen LogP contribution in [0.25, 0.3) is 0 Å². The lowest BCUT2D eigenvalue weighted by atomic mass is 9.85. The molecule has 0 spiro atoms. The average molecular weight is 518 g/mol. The van der Waals surface area contributed by atoms with Crippen molar-refractivity contribution in [2.45, 2.75) is 37.0 Å². The van der Waals surface area contributed by atoms with E-state index in [4.69, 9.17) is 39.6 Å². The Bertz CT molecular complexity index is 1120. The van der Waals surface area contributed by atoms with Crippen LogP contribution >= 0.6 is 34.8 Å². The summed E-state index contributed by atoms with van der Waals surface area (Å²) in [6.07, 6.45) is -3.35. The molecular formula is C23H18Cl3F3N2O2. The number of carbonyl (C=O) groups excluding carboxylic acids is 1. The van der Waals surface area contributed by atoms with Gasteiger partial charge in [0.05, 0.1) is 20.8 Å². The molecule has 1 unspecified atom stereocenters. The third-order valence-corrected chi connectivity index (χ3v) is 7.67. The van der Waals surface area contributed by atoms with Gasteiger partial charge in [0.25, 0.3) is 5.60 Å². The van der Waals surface area contributed by atoms with Gasteiger partial charge in [0.15, 0.2) is 0 Å². The molecule has 1 saturated heterocycles. The van der Waals surface area contributed by atoms with Crippen LogP contribution in [0.15, 0.2) is 41.6 Å². The molecular weight excluding hydrogens is 500 g/mol. The van der Waals surface area contributed by atoms with E-state index in [0.717, 1.165) is 30.5 Å². The Hall–Kier alpha value is -1.96. The second-order valence-electron chi connectivity index (χ2n) is 8.72. The number of likely N-dealkylation sites (tertiary alicyclic amines) is 1. The van der Waals surface area contributed by atoms with Crippen molar-refractivity contribution in [3.05, 3.63) is 68.2 Å². The summed E-state index contributed by atoms with van der Waals surface area (Å²) in [6, 6.07) is 9.41. The summed E-state index contributed by atoms with van der Waals surface area (Å²) in [6.45, 7) is 1.35. The van der Waals surface area contributed by atoms with Crippen molar-refractivity contribution in [1.82, 2.24) is 4.90 Å². The van der Waals surface area contributed by atoms with Gasteiger partial charge in [-0.3, -0.25) is 4.79 Å². The molecule has 174 valence electrons. The quantitative estimate of drug-likeness (QED) is 0.431. The first-order chi connectivity index (χ1) is 15.6. The first kappa shape index (κ1) is 22.8. The predicted molar refractivity (Wildman–Crippen MR) is 120 cm³/mol. The molecule has 1 aliphatic carbocycles. The van der Waals surface area contributed by atoms with E-state index in [1.165, 1.54) is 0 Å². The number of rotatable bonds is 4. The molecule has 4 nitrogen and oxygen atoms in total. The lowest BCUT2D eigenvalue weighted by Gasteiger charge is -2.39. The number of hydrogen-bond acceptors (Lipinski definition) is 3. The number of hydrogen-bond donors (Lipinski definition) is 0. The molecule has 0 bridgehead atoms. The van der Waals surface area contributed by atoms with Crippen LogP contribution in [0.3, 0.4) is 0 Å². The maximum atomic E-state index is 14.2. The molecule has 3 aliphatic rings. The Morgan fingerprint density at radius 3 is 2.21 bits per heavy atom. The zero-order chi connectivity index (χ0) is 23.5. The molecule has 0 radical (unpaired) electrons. The van der Waals surface area contributed by atoms with Gasteiger partial charge in [-0.15, -0.1) is 0 Å². The van der Waals surface area contributed by atoms with Gasteiger partial charge in [0.1, 0.15) is 0 Å². The van der Waals surface area contributed by atoms with E-state index in [2.05, 4.69) is 5.16 Å². The van der Waals surface area contributed by atoms with Crippen LogP contribution in [0.1, 0.15) is 41.9 Å². The number of alkyl halides is 3. The second kappa shape index (κ2) is 8.07. The highest BCUT2D eigenvalue weighted by molar-refractivity contribution is 6.48. The predicted octanol–water partition coefficient (Wildman–Crippen LogP) is 6.56. The minimum Gasteiger partial charge on any atom is -0.374 e. The standard InChI is InChI=1S/C23H18Cl3F3N2O2/c24-17-7-16(8-18(25)20(17)26)22(23(27,28)29)9-19(30-33-22)13-3-1-12(2-4-13)15-10-31(11-15)21(32)14-5-6-14/h1-4,7-8,14-15H,5-6,9-11H2. The number of halogens is 6. The summed E-state index contributed by atoms with van der Waals surface area (Å²) in [7, 11) is 0. The highest BCUT2D eigenvalue weighted by atomic mass is 35.5. The molecule has 33 heavy (non-hydrogen) atoms. The van der Waals surface area contributed by atoms with Crippen LogP contribution in [0.5, 0.6) is 0 Å². The molecule has 10 heteroatoms. The highest BCUT2D eigenvalue weighted by Crippen LogP contribution is 2.50. The summed E-state index contributed by atoms with van der Waals surface area (Å²) in [5.41, 5.74) is -1.24. The minimum absolute atomic E-state index is 0.0254. The summed E-state index contributed by atoms with van der Waals surface area (Å²) in [5, 5.41) is 3.56. The molecule has 0 aromatic heterocycles. The van der Waals surface area contributed by atoms with E-state index in [1.54, 1.807) is 12.1 Å². The Labute approximate surface area is 203 Å². The van der Waals surface area contributed by atoms with Crippen LogP contribution in [-0.4, -0.2) is 35.8 Å². The zero-order valence-corrected chi connectivity index (χ0v) is 19.4. The van der Waals surface area contributed by atoms with E-state index >= 15 is 0 Å². The third kappa shape index (κ3) is 3.98. The Balaban J connectivity index is 1.33. The SMILES string of the molecule is O=C(C1CC1)N1CC(c2ccc(C3=NOC(c4cc(Cl)c(Cl)c(Cl)c4)(C(F)(F)F)C3)cc2)C1. The fourth-order valence-corrected chi connectivity index (χ4v) is 4.85. The number of carbonyl (C=O) groups is 1. The van der Waals surface area contributed by atoms with Gasteiger partial charge in [0, 0.05) is 36.9 Å². The number of amides is 1. The van der Waals surface area contributed by atoms with Gasteiger partial charge in [-0.25, -0.2) is 0 Å². The van der Waals surface area contributed by atoms with Gasteiger partial charge >= 0.3 is 6.18 Å². The van der Waals surface area contributed by atoms with E-state index in [1.807, 2.05) is 17.0 Å². The van der Waals surface area contributed by atoms with Crippen LogP contribution < -0.4 is 0 Å². The maximum absolute atomic E-state index is 14.2. The smallest absolute Gasteiger partial charge is 0.374 e. The number of oxime groups is 1. The Morgan fingerprint density at radius 2 is 1.67 bits per heavy atom. The van der Waals surface area contributed by atoms with E-state index in [9.17, 15) is 18.0 Å². The van der Waals surface area contributed by atoms with E-state index in [-0.39, 0.29) is 44.1 Å². The van der Waals surface area contributed by atoms with Crippen LogP contribution in [0.4, 0.5) is 13.2 Å². The molecule has 2 aromatic carbocycles. The summed E-state index contributed by atoms with van der Waals surface area (Å²) < 4.78 is 42.6. The first-order valence-corrected chi connectivity index (χ1v) is 11.6. The van der Waals surface area contributed by atoms with Crippen molar-refractivity contribution in [3.63, 3.8) is 0 Å². The molecule has 1 atom stereocenters. The normalized spacial score (nSPS) is 23.2. The fourth-order valence-electron chi connectivity index (χ4n) is 4.25. The molecule has 0 N–H and O–H groups in total. The molecule has 5 rings (SSSR count). The van der Waals surface area contributed by atoms with E-state index < -0.39 is 18.2 Å². The Kier molecular flexibility index (Phi) is 5.58. The van der Waals surface area contributed by atoms with Crippen LogP contribution in [0.2, 0.25) is 15.1 Å². The lowest BCUT2D eigenvalue weighted by molar-refractivity contribution is -0.275.